The van der Waals surface area contributed by atoms with Gasteiger partial charge in [-0.25, -0.2) is 22.6 Å². The maximum absolute atomic E-state index is 13.2. The predicted octanol–water partition coefficient (Wildman–Crippen LogP) is 3.36. The highest BCUT2D eigenvalue weighted by atomic mass is 32.2. The third kappa shape index (κ3) is 7.03. The van der Waals surface area contributed by atoms with Crippen molar-refractivity contribution in [2.24, 2.45) is 0 Å². The van der Waals surface area contributed by atoms with E-state index in [-0.39, 0.29) is 42.7 Å². The van der Waals surface area contributed by atoms with Gasteiger partial charge in [-0.1, -0.05) is 12.1 Å². The number of hydrogen-bond donors (Lipinski definition) is 1. The molecule has 178 valence electrons. The van der Waals surface area contributed by atoms with Crippen LogP contribution < -0.4 is 5.32 Å². The molecule has 10 heteroatoms. The fourth-order valence-corrected chi connectivity index (χ4v) is 4.63. The van der Waals surface area contributed by atoms with E-state index in [1.54, 1.807) is 9.47 Å². The molecule has 32 heavy (non-hydrogen) atoms. The Balaban J connectivity index is 2.37. The minimum atomic E-state index is -3.82. The molecule has 0 spiro atoms. The van der Waals surface area contributed by atoms with Crippen LogP contribution in [-0.2, 0) is 33.4 Å². The van der Waals surface area contributed by atoms with Gasteiger partial charge in [0.15, 0.2) is 0 Å². The Morgan fingerprint density at radius 3 is 2.41 bits per heavy atom. The van der Waals surface area contributed by atoms with Crippen molar-refractivity contribution in [2.75, 3.05) is 13.7 Å². The van der Waals surface area contributed by atoms with E-state index in [4.69, 9.17) is 4.74 Å². The van der Waals surface area contributed by atoms with Crippen LogP contribution in [0.2, 0.25) is 0 Å². The van der Waals surface area contributed by atoms with E-state index in [9.17, 15) is 17.6 Å². The zero-order valence-corrected chi connectivity index (χ0v) is 20.4. The Morgan fingerprint density at radius 1 is 1.25 bits per heavy atom. The zero-order valence-electron chi connectivity index (χ0n) is 19.6. The molecule has 0 radical (unpaired) electrons. The van der Waals surface area contributed by atoms with Gasteiger partial charge >= 0.3 is 6.03 Å². The van der Waals surface area contributed by atoms with Crippen LogP contribution in [0.25, 0.3) is 0 Å². The van der Waals surface area contributed by atoms with Gasteiger partial charge in [-0.3, -0.25) is 0 Å². The number of nitrogens with one attached hydrogen (secondary N) is 1. The number of amides is 2. The Kier molecular flexibility index (Phi) is 8.41. The number of urea groups is 1. The van der Waals surface area contributed by atoms with E-state index in [1.165, 1.54) is 37.6 Å². The predicted molar refractivity (Wildman–Crippen MR) is 120 cm³/mol. The van der Waals surface area contributed by atoms with Crippen molar-refractivity contribution >= 4 is 15.9 Å². The summed E-state index contributed by atoms with van der Waals surface area (Å²) in [6.45, 7) is 10.2. The number of benzene rings is 1. The van der Waals surface area contributed by atoms with Gasteiger partial charge < -0.3 is 19.5 Å². The Hall–Kier alpha value is -2.46. The quantitative estimate of drug-likeness (QED) is 0.609. The minimum Gasteiger partial charge on any atom is -0.383 e. The molecule has 8 nitrogen and oxygen atoms in total. The lowest BCUT2D eigenvalue weighted by Crippen LogP contribution is -2.50. The molecule has 1 N–H and O–H groups in total. The van der Waals surface area contributed by atoms with Crippen molar-refractivity contribution in [2.45, 2.75) is 70.2 Å². The van der Waals surface area contributed by atoms with E-state index >= 15 is 0 Å². The monoisotopic (exact) mass is 468 g/mol. The van der Waals surface area contributed by atoms with Crippen LogP contribution >= 0.6 is 0 Å². The first kappa shape index (κ1) is 25.8. The van der Waals surface area contributed by atoms with E-state index in [0.29, 0.717) is 11.3 Å². The van der Waals surface area contributed by atoms with E-state index in [1.807, 2.05) is 34.6 Å². The summed E-state index contributed by atoms with van der Waals surface area (Å²) >= 11 is 0. The summed E-state index contributed by atoms with van der Waals surface area (Å²) in [5, 5.41) is 2.84. The van der Waals surface area contributed by atoms with Crippen molar-refractivity contribution in [1.29, 1.82) is 0 Å². The summed E-state index contributed by atoms with van der Waals surface area (Å²) in [6.07, 6.45) is 1.48. The Morgan fingerprint density at radius 2 is 1.88 bits per heavy atom. The average molecular weight is 469 g/mol. The van der Waals surface area contributed by atoms with Crippen LogP contribution in [0.4, 0.5) is 9.18 Å². The highest BCUT2D eigenvalue weighted by Crippen LogP contribution is 2.20. The lowest BCUT2D eigenvalue weighted by atomic mass is 10.1. The molecule has 0 unspecified atom stereocenters. The summed E-state index contributed by atoms with van der Waals surface area (Å²) in [5.74, 6) is -0.743. The first-order chi connectivity index (χ1) is 14.8. The number of ether oxygens (including phenoxy) is 1. The average Bonchev–Trinajstić information content (AvgIpc) is 3.07. The van der Waals surface area contributed by atoms with Gasteiger partial charge in [-0.15, -0.1) is 0 Å². The second-order valence-electron chi connectivity index (χ2n) is 8.96. The van der Waals surface area contributed by atoms with Crippen LogP contribution in [0.3, 0.4) is 0 Å². The highest BCUT2D eigenvalue weighted by molar-refractivity contribution is 7.90. The molecule has 0 atom stereocenters. The van der Waals surface area contributed by atoms with Crippen molar-refractivity contribution in [1.82, 2.24) is 19.8 Å². The van der Waals surface area contributed by atoms with Crippen LogP contribution in [-0.4, -0.2) is 54.2 Å². The largest absolute Gasteiger partial charge is 0.383 e. The summed E-state index contributed by atoms with van der Waals surface area (Å²) in [6, 6.07) is 4.95. The van der Waals surface area contributed by atoms with E-state index in [0.717, 1.165) is 0 Å². The summed E-state index contributed by atoms with van der Waals surface area (Å²) in [5.41, 5.74) is 0.629. The van der Waals surface area contributed by atoms with Gasteiger partial charge in [0.05, 0.1) is 30.8 Å². The maximum Gasteiger partial charge on any atom is 0.318 e. The maximum atomic E-state index is 13.2. The smallest absolute Gasteiger partial charge is 0.318 e. The minimum absolute atomic E-state index is 0.103. The molecule has 0 saturated heterocycles. The van der Waals surface area contributed by atoms with Crippen molar-refractivity contribution in [3.05, 3.63) is 47.5 Å². The second-order valence-corrected chi connectivity index (χ2v) is 10.8. The van der Waals surface area contributed by atoms with Gasteiger partial charge in [0, 0.05) is 25.2 Å². The molecular weight excluding hydrogens is 435 g/mol. The molecular formula is C22H33FN4O4S. The number of imidazole rings is 1. The van der Waals surface area contributed by atoms with Gasteiger partial charge in [-0.2, -0.15) is 0 Å². The molecule has 0 fully saturated rings. The lowest BCUT2D eigenvalue weighted by molar-refractivity contribution is 0.165. The number of methoxy groups -OCH3 is 1. The number of sulfone groups is 1. The molecule has 1 heterocycles. The number of aromatic nitrogens is 2. The summed E-state index contributed by atoms with van der Waals surface area (Å²) < 4.78 is 46.1. The molecule has 1 aromatic heterocycles. The normalized spacial score (nSPS) is 12.2. The lowest BCUT2D eigenvalue weighted by Gasteiger charge is -2.31. The van der Waals surface area contributed by atoms with Crippen molar-refractivity contribution in [3.8, 4) is 0 Å². The molecule has 2 amide bonds. The molecule has 0 aliphatic heterocycles. The standard InChI is InChI=1S/C22H33FN4O4S/c1-16(2)27(20(28)25-22(3,4)5)14-19-13-24-21(26(19)11-12-31-6)32(29,30)15-17-7-9-18(23)10-8-17/h7-10,13,16H,11-12,14-15H2,1-6H3,(H,25,28). The third-order valence-electron chi connectivity index (χ3n) is 4.67. The van der Waals surface area contributed by atoms with Crippen LogP contribution in [0.1, 0.15) is 45.9 Å². The zero-order chi connectivity index (χ0) is 24.1. The van der Waals surface area contributed by atoms with E-state index in [2.05, 4.69) is 10.3 Å². The van der Waals surface area contributed by atoms with Gasteiger partial charge in [0.2, 0.25) is 15.0 Å². The highest BCUT2D eigenvalue weighted by Gasteiger charge is 2.27. The summed E-state index contributed by atoms with van der Waals surface area (Å²) in [4.78, 5) is 18.6. The Labute approximate surface area is 189 Å². The molecule has 0 aliphatic rings. The Bertz CT molecular complexity index is 1010. The van der Waals surface area contributed by atoms with Gasteiger partial charge in [-0.05, 0) is 52.3 Å². The molecule has 2 aromatic rings. The first-order valence-corrected chi connectivity index (χ1v) is 12.1. The number of rotatable bonds is 9. The van der Waals surface area contributed by atoms with E-state index < -0.39 is 21.2 Å². The van der Waals surface area contributed by atoms with Crippen molar-refractivity contribution < 1.29 is 22.3 Å². The molecule has 2 rings (SSSR count). The number of hydrogen-bond acceptors (Lipinski definition) is 5. The molecule has 0 saturated carbocycles. The van der Waals surface area contributed by atoms with Crippen LogP contribution in [0, 0.1) is 5.82 Å². The van der Waals surface area contributed by atoms with Crippen LogP contribution in [0.5, 0.6) is 0 Å². The molecule has 0 aliphatic carbocycles. The van der Waals surface area contributed by atoms with Gasteiger partial charge in [0.1, 0.15) is 5.82 Å². The van der Waals surface area contributed by atoms with Crippen molar-refractivity contribution in [3.63, 3.8) is 0 Å². The van der Waals surface area contributed by atoms with Crippen LogP contribution in [0.15, 0.2) is 35.6 Å². The van der Waals surface area contributed by atoms with Gasteiger partial charge in [0.25, 0.3) is 0 Å². The fraction of sp³-hybridized carbons (Fsp3) is 0.545. The first-order valence-electron chi connectivity index (χ1n) is 10.4. The SMILES string of the molecule is COCCn1c(CN(C(=O)NC(C)(C)C)C(C)C)cnc1S(=O)(=O)Cc1ccc(F)cc1. The second kappa shape index (κ2) is 10.4. The molecule has 0 bridgehead atoms. The number of carbonyl (C=O) groups is 1. The topological polar surface area (TPSA) is 93.5 Å². The number of halogens is 1. The third-order valence-corrected chi connectivity index (χ3v) is 6.26. The number of carbonyl (C=O) groups excluding carboxylic acids is 1. The summed E-state index contributed by atoms with van der Waals surface area (Å²) in [7, 11) is -2.29. The number of nitrogens with zero attached hydrogens (tertiary/aromatic N) is 3. The fourth-order valence-electron chi connectivity index (χ4n) is 3.11. The molecule has 1 aromatic carbocycles.